The molecule has 4 nitrogen and oxygen atoms in total. The Morgan fingerprint density at radius 1 is 1.25 bits per heavy atom. The fourth-order valence-corrected chi connectivity index (χ4v) is 2.56. The van der Waals surface area contributed by atoms with E-state index in [4.69, 9.17) is 5.11 Å². The zero-order chi connectivity index (χ0) is 14.9. The minimum absolute atomic E-state index is 0.0467. The van der Waals surface area contributed by atoms with Gasteiger partial charge in [0.2, 0.25) is 0 Å². The first kappa shape index (κ1) is 14.3. The van der Waals surface area contributed by atoms with Gasteiger partial charge in [0.15, 0.2) is 11.5 Å². The van der Waals surface area contributed by atoms with Crippen molar-refractivity contribution in [3.8, 4) is 10.6 Å². The van der Waals surface area contributed by atoms with Crippen molar-refractivity contribution in [3.05, 3.63) is 40.4 Å². The second-order valence-corrected chi connectivity index (χ2v) is 4.98. The van der Waals surface area contributed by atoms with E-state index in [1.165, 1.54) is 31.2 Å². The number of rotatable bonds is 4. The maximum Gasteiger partial charge on any atom is 0.356 e. The molecule has 7 heteroatoms. The number of ketones is 1. The molecule has 0 fully saturated rings. The van der Waals surface area contributed by atoms with Crippen molar-refractivity contribution in [2.24, 2.45) is 0 Å². The van der Waals surface area contributed by atoms with E-state index in [9.17, 15) is 18.4 Å². The van der Waals surface area contributed by atoms with Crippen LogP contribution >= 0.6 is 11.3 Å². The average Bonchev–Trinajstić information content (AvgIpc) is 2.84. The first-order chi connectivity index (χ1) is 9.40. The van der Waals surface area contributed by atoms with E-state index in [1.807, 2.05) is 0 Å². The van der Waals surface area contributed by atoms with Gasteiger partial charge >= 0.3 is 5.97 Å². The molecule has 0 aliphatic rings. The third-order valence-corrected chi connectivity index (χ3v) is 3.76. The predicted molar refractivity (Wildman–Crippen MR) is 69.5 cm³/mol. The van der Waals surface area contributed by atoms with E-state index in [2.05, 4.69) is 4.98 Å². The molecule has 1 aromatic heterocycles. The number of aromatic carboxylic acids is 1. The van der Waals surface area contributed by atoms with Gasteiger partial charge in [-0.25, -0.2) is 18.6 Å². The first-order valence-corrected chi connectivity index (χ1v) is 6.35. The van der Waals surface area contributed by atoms with Gasteiger partial charge in [-0.15, -0.1) is 11.3 Å². The molecule has 0 radical (unpaired) electrons. The van der Waals surface area contributed by atoms with Crippen molar-refractivity contribution >= 4 is 23.1 Å². The van der Waals surface area contributed by atoms with Crippen LogP contribution in [-0.4, -0.2) is 21.8 Å². The average molecular weight is 297 g/mol. The van der Waals surface area contributed by atoms with Gasteiger partial charge in [0.05, 0.1) is 0 Å². The number of nitrogens with zero attached hydrogens (tertiary/aromatic N) is 1. The van der Waals surface area contributed by atoms with Gasteiger partial charge in [0, 0.05) is 18.1 Å². The van der Waals surface area contributed by atoms with Crippen LogP contribution in [0.3, 0.4) is 0 Å². The highest BCUT2D eigenvalue weighted by Gasteiger charge is 2.21. The number of thiazole rings is 1. The van der Waals surface area contributed by atoms with Crippen LogP contribution in [-0.2, 0) is 0 Å². The predicted octanol–water partition coefficient (Wildman–Crippen LogP) is 3.65. The van der Waals surface area contributed by atoms with Gasteiger partial charge in [-0.3, -0.25) is 4.79 Å². The van der Waals surface area contributed by atoms with Crippen LogP contribution in [0.2, 0.25) is 0 Å². The molecule has 1 aromatic carbocycles. The van der Waals surface area contributed by atoms with E-state index >= 15 is 0 Å². The summed E-state index contributed by atoms with van der Waals surface area (Å²) in [4.78, 5) is 26.3. The lowest BCUT2D eigenvalue weighted by atomic mass is 10.1. The number of carbonyl (C=O) groups excluding carboxylic acids is 1. The van der Waals surface area contributed by atoms with Crippen molar-refractivity contribution in [2.75, 3.05) is 0 Å². The van der Waals surface area contributed by atoms with Gasteiger partial charge in [-0.05, 0) is 0 Å². The van der Waals surface area contributed by atoms with E-state index in [0.717, 1.165) is 11.3 Å². The molecule has 1 N–H and O–H groups in total. The summed E-state index contributed by atoms with van der Waals surface area (Å²) in [6.07, 6.45) is -2.57. The van der Waals surface area contributed by atoms with Crippen molar-refractivity contribution in [1.29, 1.82) is 0 Å². The standard InChI is InChI=1S/C13H9F2NO3S/c1-6(17)10-9(13(18)19)16-12(20-10)8-4-2-7(3-5-8)11(14)15/h2-5,11H,1H3,(H,18,19). The van der Waals surface area contributed by atoms with Crippen molar-refractivity contribution in [3.63, 3.8) is 0 Å². The number of carboxylic acids is 1. The summed E-state index contributed by atoms with van der Waals surface area (Å²) in [5.41, 5.74) is 0.0559. The Hall–Kier alpha value is -2.15. The molecule has 1 heterocycles. The van der Waals surface area contributed by atoms with Crippen molar-refractivity contribution in [1.82, 2.24) is 4.98 Å². The normalized spacial score (nSPS) is 10.8. The Morgan fingerprint density at radius 3 is 2.25 bits per heavy atom. The van der Waals surface area contributed by atoms with E-state index in [1.54, 1.807) is 0 Å². The largest absolute Gasteiger partial charge is 0.476 e. The first-order valence-electron chi connectivity index (χ1n) is 5.53. The number of alkyl halides is 2. The van der Waals surface area contributed by atoms with Gasteiger partial charge < -0.3 is 5.11 Å². The SMILES string of the molecule is CC(=O)c1sc(-c2ccc(C(F)F)cc2)nc1C(=O)O. The third-order valence-electron chi connectivity index (χ3n) is 2.56. The molecule has 0 saturated heterocycles. The molecule has 0 spiro atoms. The van der Waals surface area contributed by atoms with Crippen molar-refractivity contribution in [2.45, 2.75) is 13.3 Å². The van der Waals surface area contributed by atoms with Crippen LogP contribution in [0.15, 0.2) is 24.3 Å². The molecule has 2 aromatic rings. The molecule has 0 aliphatic heterocycles. The Labute approximate surface area is 116 Å². The van der Waals surface area contributed by atoms with Crippen LogP contribution in [0.4, 0.5) is 8.78 Å². The Morgan fingerprint density at radius 2 is 1.85 bits per heavy atom. The van der Waals surface area contributed by atoms with Crippen molar-refractivity contribution < 1.29 is 23.5 Å². The molecule has 2 rings (SSSR count). The maximum atomic E-state index is 12.4. The Bertz CT molecular complexity index is 633. The molecule has 0 saturated carbocycles. The zero-order valence-electron chi connectivity index (χ0n) is 10.3. The molecule has 0 unspecified atom stereocenters. The molecule has 0 aliphatic carbocycles. The molecule has 0 amide bonds. The zero-order valence-corrected chi connectivity index (χ0v) is 11.1. The lowest BCUT2D eigenvalue weighted by Crippen LogP contribution is -2.03. The lowest BCUT2D eigenvalue weighted by molar-refractivity contribution is 0.0687. The lowest BCUT2D eigenvalue weighted by Gasteiger charge is -2.00. The van der Waals surface area contributed by atoms with Gasteiger partial charge in [-0.2, -0.15) is 0 Å². The topological polar surface area (TPSA) is 67.3 Å². The van der Waals surface area contributed by atoms with E-state index < -0.39 is 18.2 Å². The number of halogens is 2. The number of aromatic nitrogens is 1. The second kappa shape index (κ2) is 5.46. The minimum atomic E-state index is -2.57. The molecular weight excluding hydrogens is 288 g/mol. The van der Waals surface area contributed by atoms with Gasteiger partial charge in [0.1, 0.15) is 9.88 Å². The van der Waals surface area contributed by atoms with Gasteiger partial charge in [-0.1, -0.05) is 24.3 Å². The molecular formula is C13H9F2NO3S. The van der Waals surface area contributed by atoms with Crippen LogP contribution < -0.4 is 0 Å². The summed E-state index contributed by atoms with van der Waals surface area (Å²) in [5.74, 6) is -1.68. The van der Waals surface area contributed by atoms with Crippen LogP contribution in [0.1, 0.15) is 39.1 Å². The van der Waals surface area contributed by atoms with Crippen LogP contribution in [0, 0.1) is 0 Å². The highest BCUT2D eigenvalue weighted by molar-refractivity contribution is 7.17. The number of Topliss-reactive ketones (excluding diaryl/α,β-unsaturated/α-hetero) is 1. The molecule has 0 atom stereocenters. The smallest absolute Gasteiger partial charge is 0.356 e. The number of hydrogen-bond donors (Lipinski definition) is 1. The summed E-state index contributed by atoms with van der Waals surface area (Å²) < 4.78 is 24.9. The third kappa shape index (κ3) is 2.72. The summed E-state index contributed by atoms with van der Waals surface area (Å²) in [6.45, 7) is 1.25. The number of carbonyl (C=O) groups is 2. The summed E-state index contributed by atoms with van der Waals surface area (Å²) in [5, 5.41) is 9.30. The van der Waals surface area contributed by atoms with E-state index in [-0.39, 0.29) is 16.1 Å². The Balaban J connectivity index is 2.45. The monoisotopic (exact) mass is 297 g/mol. The van der Waals surface area contributed by atoms with Gasteiger partial charge in [0.25, 0.3) is 6.43 Å². The van der Waals surface area contributed by atoms with Crippen LogP contribution in [0.25, 0.3) is 10.6 Å². The maximum absolute atomic E-state index is 12.4. The minimum Gasteiger partial charge on any atom is -0.476 e. The highest BCUT2D eigenvalue weighted by atomic mass is 32.1. The summed E-state index contributed by atoms with van der Waals surface area (Å²) in [6, 6.07) is 5.34. The molecule has 0 bridgehead atoms. The number of benzene rings is 1. The quantitative estimate of drug-likeness (QED) is 0.875. The Kier molecular flexibility index (Phi) is 3.89. The van der Waals surface area contributed by atoms with Crippen LogP contribution in [0.5, 0.6) is 0 Å². The number of hydrogen-bond acceptors (Lipinski definition) is 4. The fraction of sp³-hybridized carbons (Fsp3) is 0.154. The molecule has 104 valence electrons. The molecule has 20 heavy (non-hydrogen) atoms. The highest BCUT2D eigenvalue weighted by Crippen LogP contribution is 2.30. The number of carboxylic acid groups (broad SMARTS) is 1. The summed E-state index contributed by atoms with van der Waals surface area (Å²) >= 11 is 0.934. The second-order valence-electron chi connectivity index (χ2n) is 3.98. The summed E-state index contributed by atoms with van der Waals surface area (Å²) in [7, 11) is 0. The van der Waals surface area contributed by atoms with E-state index in [0.29, 0.717) is 10.6 Å². The fourth-order valence-electron chi connectivity index (χ4n) is 1.60.